The molecule has 0 aromatic heterocycles. The van der Waals surface area contributed by atoms with Gasteiger partial charge >= 0.3 is 0 Å². The molecule has 174 valence electrons. The summed E-state index contributed by atoms with van der Waals surface area (Å²) in [6, 6.07) is 11.0. The van der Waals surface area contributed by atoms with Gasteiger partial charge in [-0.25, -0.2) is 8.42 Å². The molecule has 1 aliphatic rings. The van der Waals surface area contributed by atoms with Gasteiger partial charge in [-0.15, -0.1) is 0 Å². The molecule has 9 heteroatoms. The van der Waals surface area contributed by atoms with Crippen molar-refractivity contribution < 1.29 is 17.9 Å². The number of carbonyl (C=O) groups is 1. The minimum Gasteiger partial charge on any atom is -0.495 e. The van der Waals surface area contributed by atoms with Gasteiger partial charge in [0.25, 0.3) is 0 Å². The van der Waals surface area contributed by atoms with Crippen LogP contribution in [0.1, 0.15) is 50.6 Å². The number of halogens is 2. The summed E-state index contributed by atoms with van der Waals surface area (Å²) < 4.78 is 33.6. The van der Waals surface area contributed by atoms with Gasteiger partial charge in [0.05, 0.1) is 29.6 Å². The first-order valence-electron chi connectivity index (χ1n) is 10.6. The summed E-state index contributed by atoms with van der Waals surface area (Å²) in [5.74, 6) is 0.0329. The third kappa shape index (κ3) is 5.95. The van der Waals surface area contributed by atoms with Gasteiger partial charge in [0.2, 0.25) is 15.9 Å². The quantitative estimate of drug-likeness (QED) is 0.542. The first kappa shape index (κ1) is 24.8. The molecule has 0 bridgehead atoms. The van der Waals surface area contributed by atoms with Gasteiger partial charge in [-0.2, -0.15) is 4.31 Å². The van der Waals surface area contributed by atoms with Crippen LogP contribution in [0.25, 0.3) is 0 Å². The third-order valence-electron chi connectivity index (χ3n) is 5.76. The zero-order chi connectivity index (χ0) is 23.3. The largest absolute Gasteiger partial charge is 0.495 e. The molecule has 0 heterocycles. The van der Waals surface area contributed by atoms with Crippen LogP contribution < -0.4 is 10.1 Å². The summed E-state index contributed by atoms with van der Waals surface area (Å²) in [4.78, 5) is 13.0. The minimum atomic E-state index is -3.93. The van der Waals surface area contributed by atoms with Crippen LogP contribution in [0.2, 0.25) is 10.0 Å². The van der Waals surface area contributed by atoms with Gasteiger partial charge in [0.15, 0.2) is 0 Å². The molecule has 3 rings (SSSR count). The van der Waals surface area contributed by atoms with Crippen LogP contribution in [0.4, 0.5) is 0 Å². The summed E-state index contributed by atoms with van der Waals surface area (Å²) in [6.07, 6.45) is 4.39. The number of sulfonamides is 1. The fourth-order valence-corrected chi connectivity index (χ4v) is 6.10. The summed E-state index contributed by atoms with van der Waals surface area (Å²) >= 11 is 12.1. The van der Waals surface area contributed by atoms with E-state index in [9.17, 15) is 13.2 Å². The van der Waals surface area contributed by atoms with E-state index in [4.69, 9.17) is 27.9 Å². The summed E-state index contributed by atoms with van der Waals surface area (Å²) in [6.45, 7) is 1.60. The predicted molar refractivity (Wildman–Crippen MR) is 127 cm³/mol. The van der Waals surface area contributed by atoms with Crippen molar-refractivity contribution in [2.24, 2.45) is 0 Å². The Kier molecular flexibility index (Phi) is 8.44. The molecular weight excluding hydrogens is 471 g/mol. The van der Waals surface area contributed by atoms with Gasteiger partial charge < -0.3 is 10.1 Å². The lowest BCUT2D eigenvalue weighted by Crippen LogP contribution is -2.47. The summed E-state index contributed by atoms with van der Waals surface area (Å²) in [5.41, 5.74) is 0.886. The number of hydrogen-bond donors (Lipinski definition) is 1. The van der Waals surface area contributed by atoms with Crippen LogP contribution >= 0.6 is 23.2 Å². The number of methoxy groups -OCH3 is 1. The van der Waals surface area contributed by atoms with Gasteiger partial charge in [0, 0.05) is 11.1 Å². The second-order valence-corrected chi connectivity index (χ2v) is 10.7. The van der Waals surface area contributed by atoms with E-state index >= 15 is 0 Å². The maximum atomic E-state index is 13.5. The Balaban J connectivity index is 1.83. The number of ether oxygens (including phenoxy) is 1. The highest BCUT2D eigenvalue weighted by Gasteiger charge is 2.34. The molecule has 1 atom stereocenters. The highest BCUT2D eigenvalue weighted by Crippen LogP contribution is 2.32. The second-order valence-electron chi connectivity index (χ2n) is 7.98. The smallest absolute Gasteiger partial charge is 0.243 e. The van der Waals surface area contributed by atoms with Crippen LogP contribution in [-0.4, -0.2) is 38.3 Å². The number of rotatable bonds is 8. The van der Waals surface area contributed by atoms with E-state index in [1.165, 1.54) is 29.6 Å². The van der Waals surface area contributed by atoms with Crippen LogP contribution in [0, 0.1) is 0 Å². The Labute approximate surface area is 199 Å². The average molecular weight is 499 g/mol. The van der Waals surface area contributed by atoms with E-state index in [-0.39, 0.29) is 34.5 Å². The molecule has 1 fully saturated rings. The number of nitrogens with one attached hydrogen (secondary N) is 1. The Morgan fingerprint density at radius 2 is 1.78 bits per heavy atom. The van der Waals surface area contributed by atoms with Crippen molar-refractivity contribution in [1.82, 2.24) is 9.62 Å². The third-order valence-corrected chi connectivity index (χ3v) is 8.20. The maximum absolute atomic E-state index is 13.5. The lowest BCUT2D eigenvalue weighted by atomic mass is 9.95. The van der Waals surface area contributed by atoms with E-state index in [2.05, 4.69) is 5.32 Å². The summed E-state index contributed by atoms with van der Waals surface area (Å²) in [7, 11) is -2.47. The van der Waals surface area contributed by atoms with Crippen molar-refractivity contribution in [3.8, 4) is 5.75 Å². The predicted octanol–water partition coefficient (Wildman–Crippen LogP) is 5.20. The molecule has 0 aliphatic heterocycles. The zero-order valence-electron chi connectivity index (χ0n) is 18.2. The molecule has 0 saturated heterocycles. The molecule has 1 saturated carbocycles. The Morgan fingerprint density at radius 1 is 1.12 bits per heavy atom. The van der Waals surface area contributed by atoms with Crippen molar-refractivity contribution in [2.45, 2.75) is 56.0 Å². The average Bonchev–Trinajstić information content (AvgIpc) is 2.78. The van der Waals surface area contributed by atoms with Gasteiger partial charge in [-0.1, -0.05) is 54.6 Å². The molecule has 0 unspecified atom stereocenters. The van der Waals surface area contributed by atoms with Gasteiger partial charge in [0.1, 0.15) is 5.75 Å². The molecule has 6 nitrogen and oxygen atoms in total. The Bertz CT molecular complexity index is 1040. The number of amides is 1. The lowest BCUT2D eigenvalue weighted by molar-refractivity contribution is -0.122. The number of nitrogens with zero attached hydrogens (tertiary/aromatic N) is 1. The zero-order valence-corrected chi connectivity index (χ0v) is 20.5. The van der Waals surface area contributed by atoms with Crippen molar-refractivity contribution >= 4 is 39.1 Å². The normalized spacial score (nSPS) is 16.0. The molecular formula is C23H28Cl2N2O4S. The molecule has 0 radical (unpaired) electrons. The van der Waals surface area contributed by atoms with Gasteiger partial charge in [-0.05, 0) is 55.7 Å². The van der Waals surface area contributed by atoms with E-state index in [1.807, 2.05) is 19.1 Å². The van der Waals surface area contributed by atoms with Crippen LogP contribution in [0.5, 0.6) is 5.75 Å². The highest BCUT2D eigenvalue weighted by molar-refractivity contribution is 7.89. The van der Waals surface area contributed by atoms with E-state index in [1.54, 1.807) is 12.1 Å². The topological polar surface area (TPSA) is 75.7 Å². The number of benzene rings is 2. The van der Waals surface area contributed by atoms with Gasteiger partial charge in [-0.3, -0.25) is 4.79 Å². The molecule has 1 aliphatic carbocycles. The maximum Gasteiger partial charge on any atom is 0.243 e. The Morgan fingerprint density at radius 3 is 2.38 bits per heavy atom. The monoisotopic (exact) mass is 498 g/mol. The van der Waals surface area contributed by atoms with Crippen molar-refractivity contribution in [3.05, 3.63) is 58.1 Å². The van der Waals surface area contributed by atoms with Crippen molar-refractivity contribution in [1.29, 1.82) is 0 Å². The molecule has 2 aromatic rings. The molecule has 1 amide bonds. The fraction of sp³-hybridized carbons (Fsp3) is 0.435. The highest BCUT2D eigenvalue weighted by atomic mass is 35.5. The van der Waals surface area contributed by atoms with Crippen LogP contribution in [0.3, 0.4) is 0 Å². The van der Waals surface area contributed by atoms with Crippen LogP contribution in [-0.2, 0) is 14.8 Å². The number of hydrogen-bond acceptors (Lipinski definition) is 4. The minimum absolute atomic E-state index is 0.0485. The van der Waals surface area contributed by atoms with E-state index in [0.717, 1.165) is 37.7 Å². The molecule has 32 heavy (non-hydrogen) atoms. The summed E-state index contributed by atoms with van der Waals surface area (Å²) in [5, 5.41) is 3.72. The van der Waals surface area contributed by atoms with E-state index in [0.29, 0.717) is 10.8 Å². The first-order chi connectivity index (χ1) is 15.2. The van der Waals surface area contributed by atoms with Crippen molar-refractivity contribution in [2.75, 3.05) is 13.7 Å². The number of carbonyl (C=O) groups excluding carboxylic acids is 1. The molecule has 1 N–H and O–H groups in total. The standard InChI is InChI=1S/C23H28Cl2N2O4S/c1-16(17-8-10-18(24)11-9-17)26-23(28)15-27(19-6-4-3-5-7-19)32(29,30)20-12-13-22(31-2)21(25)14-20/h8-14,16,19H,3-7,15H2,1-2H3,(H,26,28)/t16-/m1/s1. The first-order valence-corrected chi connectivity index (χ1v) is 12.8. The molecule has 2 aromatic carbocycles. The second kappa shape index (κ2) is 10.9. The Hall–Kier alpha value is -1.80. The lowest BCUT2D eigenvalue weighted by Gasteiger charge is -2.33. The van der Waals surface area contributed by atoms with Crippen molar-refractivity contribution in [3.63, 3.8) is 0 Å². The van der Waals surface area contributed by atoms with E-state index < -0.39 is 10.0 Å². The van der Waals surface area contributed by atoms with Crippen LogP contribution in [0.15, 0.2) is 47.4 Å². The SMILES string of the molecule is COc1ccc(S(=O)(=O)N(CC(=O)N[C@H](C)c2ccc(Cl)cc2)C2CCCCC2)cc1Cl. The fourth-order valence-electron chi connectivity index (χ4n) is 3.99. The molecule has 0 spiro atoms.